The molecule has 0 atom stereocenters. The second-order valence-electron chi connectivity index (χ2n) is 3.90. The van der Waals surface area contributed by atoms with Crippen molar-refractivity contribution in [2.45, 2.75) is 6.54 Å². The normalized spacial score (nSPS) is 10.2. The van der Waals surface area contributed by atoms with Gasteiger partial charge in [0.05, 0.1) is 10.6 Å². The van der Waals surface area contributed by atoms with Crippen molar-refractivity contribution in [1.29, 1.82) is 0 Å². The van der Waals surface area contributed by atoms with Crippen molar-refractivity contribution in [3.05, 3.63) is 69.0 Å². The van der Waals surface area contributed by atoms with Crippen LogP contribution in [0, 0.1) is 15.9 Å². The second-order valence-corrected chi connectivity index (χ2v) is 4.34. The molecule has 0 aliphatic heterocycles. The summed E-state index contributed by atoms with van der Waals surface area (Å²) in [5.41, 5.74) is 0.794. The molecule has 19 heavy (non-hydrogen) atoms. The van der Waals surface area contributed by atoms with Crippen LogP contribution in [0.15, 0.2) is 42.5 Å². The molecule has 0 radical (unpaired) electrons. The van der Waals surface area contributed by atoms with Gasteiger partial charge in [0.2, 0.25) is 0 Å². The number of anilines is 1. The van der Waals surface area contributed by atoms with Crippen molar-refractivity contribution >= 4 is 23.0 Å². The summed E-state index contributed by atoms with van der Waals surface area (Å²) in [6.07, 6.45) is 0. The molecule has 0 amide bonds. The third kappa shape index (κ3) is 3.42. The summed E-state index contributed by atoms with van der Waals surface area (Å²) in [6, 6.07) is 10.4. The van der Waals surface area contributed by atoms with Crippen LogP contribution in [-0.4, -0.2) is 4.92 Å². The molecule has 0 fully saturated rings. The number of nitro groups is 1. The molecule has 2 aromatic carbocycles. The van der Waals surface area contributed by atoms with E-state index in [1.165, 1.54) is 6.07 Å². The van der Waals surface area contributed by atoms with Crippen LogP contribution in [0.1, 0.15) is 5.56 Å². The van der Waals surface area contributed by atoms with Crippen LogP contribution in [0.3, 0.4) is 0 Å². The molecule has 0 aromatic heterocycles. The Bertz CT molecular complexity index is 619. The summed E-state index contributed by atoms with van der Waals surface area (Å²) in [6.45, 7) is 0.332. The molecular weight excluding hydrogens is 271 g/mol. The van der Waals surface area contributed by atoms with Gasteiger partial charge in [-0.15, -0.1) is 0 Å². The van der Waals surface area contributed by atoms with Gasteiger partial charge < -0.3 is 5.32 Å². The molecule has 0 unspecified atom stereocenters. The van der Waals surface area contributed by atoms with Crippen molar-refractivity contribution in [3.63, 3.8) is 0 Å². The summed E-state index contributed by atoms with van der Waals surface area (Å²) >= 11 is 5.83. The van der Waals surface area contributed by atoms with Gasteiger partial charge in [-0.05, 0) is 23.8 Å². The Morgan fingerprint density at radius 3 is 2.74 bits per heavy atom. The zero-order valence-corrected chi connectivity index (χ0v) is 10.5. The van der Waals surface area contributed by atoms with E-state index in [-0.39, 0.29) is 11.4 Å². The largest absolute Gasteiger partial charge is 0.378 e. The summed E-state index contributed by atoms with van der Waals surface area (Å²) in [5.74, 6) is -0.535. The number of nitrogens with one attached hydrogen (secondary N) is 1. The third-order valence-corrected chi connectivity index (χ3v) is 2.77. The van der Waals surface area contributed by atoms with Gasteiger partial charge in [0, 0.05) is 23.7 Å². The van der Waals surface area contributed by atoms with Crippen molar-refractivity contribution in [2.75, 3.05) is 5.32 Å². The Kier molecular flexibility index (Phi) is 3.97. The zero-order chi connectivity index (χ0) is 13.8. The SMILES string of the molecule is O=[N+]([O-])c1ccc(F)c(NCc2cccc(Cl)c2)c1. The van der Waals surface area contributed by atoms with Crippen LogP contribution in [0.2, 0.25) is 5.02 Å². The first kappa shape index (κ1) is 13.3. The van der Waals surface area contributed by atoms with E-state index in [1.807, 2.05) is 6.07 Å². The Labute approximate surface area is 114 Å². The minimum absolute atomic E-state index is 0.0918. The van der Waals surface area contributed by atoms with Crippen LogP contribution >= 0.6 is 11.6 Å². The molecule has 0 saturated heterocycles. The first-order valence-corrected chi connectivity index (χ1v) is 5.86. The average Bonchev–Trinajstić information content (AvgIpc) is 2.37. The number of hydrogen-bond donors (Lipinski definition) is 1. The molecule has 0 heterocycles. The van der Waals surface area contributed by atoms with Gasteiger partial charge in [-0.2, -0.15) is 0 Å². The number of hydrogen-bond acceptors (Lipinski definition) is 3. The standard InChI is InChI=1S/C13H10ClFN2O2/c14-10-3-1-2-9(6-10)8-16-13-7-11(17(18)19)4-5-12(13)15/h1-7,16H,8H2. The average molecular weight is 281 g/mol. The van der Waals surface area contributed by atoms with E-state index < -0.39 is 10.7 Å². The maximum atomic E-state index is 13.5. The van der Waals surface area contributed by atoms with Crippen LogP contribution in [0.25, 0.3) is 0 Å². The number of benzene rings is 2. The van der Waals surface area contributed by atoms with Gasteiger partial charge >= 0.3 is 0 Å². The Morgan fingerprint density at radius 2 is 2.05 bits per heavy atom. The highest BCUT2D eigenvalue weighted by Gasteiger charge is 2.10. The maximum absolute atomic E-state index is 13.5. The van der Waals surface area contributed by atoms with E-state index in [9.17, 15) is 14.5 Å². The zero-order valence-electron chi connectivity index (χ0n) is 9.77. The van der Waals surface area contributed by atoms with E-state index in [0.29, 0.717) is 11.6 Å². The molecule has 0 aliphatic rings. The maximum Gasteiger partial charge on any atom is 0.271 e. The van der Waals surface area contributed by atoms with Crippen LogP contribution < -0.4 is 5.32 Å². The molecule has 1 N–H and O–H groups in total. The smallest absolute Gasteiger partial charge is 0.271 e. The molecule has 0 spiro atoms. The molecule has 6 heteroatoms. The summed E-state index contributed by atoms with van der Waals surface area (Å²) in [5, 5.41) is 14.0. The van der Waals surface area contributed by atoms with E-state index in [4.69, 9.17) is 11.6 Å². The van der Waals surface area contributed by atoms with Gasteiger partial charge in [-0.25, -0.2) is 4.39 Å². The minimum atomic E-state index is -0.565. The predicted octanol–water partition coefficient (Wildman–Crippen LogP) is 4.00. The number of nitro benzene ring substituents is 1. The lowest BCUT2D eigenvalue weighted by Crippen LogP contribution is -2.02. The fourth-order valence-corrected chi connectivity index (χ4v) is 1.82. The number of non-ortho nitro benzene ring substituents is 1. The molecule has 98 valence electrons. The molecule has 0 bridgehead atoms. The van der Waals surface area contributed by atoms with Crippen molar-refractivity contribution in [3.8, 4) is 0 Å². The fraction of sp³-hybridized carbons (Fsp3) is 0.0769. The highest BCUT2D eigenvalue weighted by atomic mass is 35.5. The Hall–Kier alpha value is -2.14. The summed E-state index contributed by atoms with van der Waals surface area (Å²) < 4.78 is 13.5. The number of rotatable bonds is 4. The summed E-state index contributed by atoms with van der Waals surface area (Å²) in [4.78, 5) is 10.1. The van der Waals surface area contributed by atoms with Crippen molar-refractivity contribution in [2.24, 2.45) is 0 Å². The van der Waals surface area contributed by atoms with Gasteiger partial charge in [-0.3, -0.25) is 10.1 Å². The van der Waals surface area contributed by atoms with Gasteiger partial charge in [0.15, 0.2) is 0 Å². The van der Waals surface area contributed by atoms with Gasteiger partial charge in [0.1, 0.15) is 5.82 Å². The number of nitrogens with zero attached hydrogens (tertiary/aromatic N) is 1. The van der Waals surface area contributed by atoms with Crippen molar-refractivity contribution < 1.29 is 9.31 Å². The second kappa shape index (κ2) is 5.67. The molecular formula is C13H10ClFN2O2. The first-order chi connectivity index (χ1) is 9.06. The van der Waals surface area contributed by atoms with E-state index in [1.54, 1.807) is 18.2 Å². The van der Waals surface area contributed by atoms with E-state index >= 15 is 0 Å². The Balaban J connectivity index is 2.15. The monoisotopic (exact) mass is 280 g/mol. The lowest BCUT2D eigenvalue weighted by atomic mass is 10.2. The molecule has 0 aliphatic carbocycles. The van der Waals surface area contributed by atoms with Crippen LogP contribution in [0.5, 0.6) is 0 Å². The number of halogens is 2. The third-order valence-electron chi connectivity index (χ3n) is 2.53. The first-order valence-electron chi connectivity index (χ1n) is 5.48. The highest BCUT2D eigenvalue weighted by molar-refractivity contribution is 6.30. The van der Waals surface area contributed by atoms with Crippen molar-refractivity contribution in [1.82, 2.24) is 0 Å². The van der Waals surface area contributed by atoms with Gasteiger partial charge in [-0.1, -0.05) is 23.7 Å². The molecule has 2 aromatic rings. The Morgan fingerprint density at radius 1 is 1.26 bits per heavy atom. The quantitative estimate of drug-likeness (QED) is 0.680. The predicted molar refractivity (Wildman–Crippen MR) is 71.8 cm³/mol. The van der Waals surface area contributed by atoms with E-state index in [0.717, 1.165) is 17.7 Å². The van der Waals surface area contributed by atoms with E-state index in [2.05, 4.69) is 5.32 Å². The lowest BCUT2D eigenvalue weighted by Gasteiger charge is -2.07. The lowest BCUT2D eigenvalue weighted by molar-refractivity contribution is -0.384. The molecule has 2 rings (SSSR count). The molecule has 4 nitrogen and oxygen atoms in total. The minimum Gasteiger partial charge on any atom is -0.378 e. The molecule has 0 saturated carbocycles. The van der Waals surface area contributed by atoms with Gasteiger partial charge in [0.25, 0.3) is 5.69 Å². The fourth-order valence-electron chi connectivity index (χ4n) is 1.61. The van der Waals surface area contributed by atoms with Crippen LogP contribution in [0.4, 0.5) is 15.8 Å². The van der Waals surface area contributed by atoms with Crippen LogP contribution in [-0.2, 0) is 6.54 Å². The topological polar surface area (TPSA) is 55.2 Å². The highest BCUT2D eigenvalue weighted by Crippen LogP contribution is 2.22. The summed E-state index contributed by atoms with van der Waals surface area (Å²) in [7, 11) is 0.